The fourth-order valence-electron chi connectivity index (χ4n) is 2.02. The fraction of sp³-hybridized carbons (Fsp3) is 0.533. The highest BCUT2D eigenvalue weighted by Crippen LogP contribution is 2.29. The molecule has 0 N–H and O–H groups in total. The number of rotatable bonds is 0. The lowest BCUT2D eigenvalue weighted by molar-refractivity contribution is 0.565. The van der Waals surface area contributed by atoms with Gasteiger partial charge < -0.3 is 0 Å². The summed E-state index contributed by atoms with van der Waals surface area (Å²) in [6.45, 7) is 12.5. The predicted octanol–water partition coefficient (Wildman–Crippen LogP) is 2.84. The van der Waals surface area contributed by atoms with Crippen LogP contribution in [0.15, 0.2) is 37.0 Å². The van der Waals surface area contributed by atoms with Gasteiger partial charge in [-0.15, -0.1) is 0 Å². The van der Waals surface area contributed by atoms with E-state index in [2.05, 4.69) is 66.5 Å². The van der Waals surface area contributed by atoms with E-state index in [0.29, 0.717) is 5.96 Å². The van der Waals surface area contributed by atoms with E-state index in [1.807, 2.05) is 4.90 Å². The molecule has 6 nitrogen and oxygen atoms in total. The van der Waals surface area contributed by atoms with Gasteiger partial charge in [0.2, 0.25) is 5.96 Å². The van der Waals surface area contributed by atoms with Gasteiger partial charge in [-0.2, -0.15) is 9.98 Å². The molecule has 6 heteroatoms. The molecule has 3 rings (SSSR count). The van der Waals surface area contributed by atoms with Gasteiger partial charge in [0.05, 0.1) is 12.4 Å². The molecule has 0 saturated carbocycles. The van der Waals surface area contributed by atoms with Crippen molar-refractivity contribution in [1.82, 2.24) is 4.90 Å². The molecule has 0 saturated heterocycles. The van der Waals surface area contributed by atoms with Gasteiger partial charge in [0.15, 0.2) is 11.7 Å². The first-order valence-electron chi connectivity index (χ1n) is 7.05. The average molecular weight is 284 g/mol. The molecular weight excluding hydrogens is 264 g/mol. The summed E-state index contributed by atoms with van der Waals surface area (Å²) in [6.07, 6.45) is 3.44. The first-order chi connectivity index (χ1) is 9.66. The summed E-state index contributed by atoms with van der Waals surface area (Å²) in [7, 11) is 0. The highest BCUT2D eigenvalue weighted by atomic mass is 15.4. The summed E-state index contributed by atoms with van der Waals surface area (Å²) in [6, 6.07) is 0. The first-order valence-corrected chi connectivity index (χ1v) is 7.05. The Morgan fingerprint density at radius 2 is 1.43 bits per heavy atom. The van der Waals surface area contributed by atoms with Crippen molar-refractivity contribution in [1.29, 1.82) is 0 Å². The molecule has 0 unspecified atom stereocenters. The van der Waals surface area contributed by atoms with Crippen LogP contribution in [0.3, 0.4) is 0 Å². The molecule has 0 atom stereocenters. The van der Waals surface area contributed by atoms with Gasteiger partial charge in [0.25, 0.3) is 0 Å². The van der Waals surface area contributed by atoms with Crippen molar-refractivity contribution >= 4 is 29.7 Å². The molecule has 0 radical (unpaired) electrons. The fourth-order valence-corrected chi connectivity index (χ4v) is 2.02. The van der Waals surface area contributed by atoms with Crippen molar-refractivity contribution < 1.29 is 0 Å². The molecule has 110 valence electrons. The second kappa shape index (κ2) is 4.19. The Morgan fingerprint density at radius 1 is 0.810 bits per heavy atom. The molecule has 21 heavy (non-hydrogen) atoms. The minimum Gasteiger partial charge on any atom is -0.257 e. The summed E-state index contributed by atoms with van der Waals surface area (Å²) in [4.78, 5) is 24.6. The van der Waals surface area contributed by atoms with Crippen LogP contribution in [0.25, 0.3) is 0 Å². The SMILES string of the molecule is CC(C)(C)C1=NC2=CN=CC3=NC(C(C)(C)C)=NC(=N1)N23. The van der Waals surface area contributed by atoms with Crippen molar-refractivity contribution in [2.75, 3.05) is 0 Å². The van der Waals surface area contributed by atoms with Gasteiger partial charge in [0.1, 0.15) is 11.7 Å². The standard InChI is InChI=1S/C15H20N6/c1-14(2,3)11-17-9-7-16-8-10-18-12(15(4,5)6)20-13(19-11)21(9)10/h7-8H,1-6H3. The summed E-state index contributed by atoms with van der Waals surface area (Å²) in [5, 5.41) is 0. The highest BCUT2D eigenvalue weighted by Gasteiger charge is 2.35. The van der Waals surface area contributed by atoms with Crippen molar-refractivity contribution in [3.63, 3.8) is 0 Å². The van der Waals surface area contributed by atoms with Gasteiger partial charge in [-0.3, -0.25) is 4.99 Å². The zero-order valence-electron chi connectivity index (χ0n) is 13.3. The van der Waals surface area contributed by atoms with E-state index in [4.69, 9.17) is 0 Å². The maximum Gasteiger partial charge on any atom is 0.240 e. The third-order valence-electron chi connectivity index (χ3n) is 3.23. The van der Waals surface area contributed by atoms with Crippen molar-refractivity contribution in [2.45, 2.75) is 41.5 Å². The Balaban J connectivity index is 2.16. The largest absolute Gasteiger partial charge is 0.257 e. The number of hydrogen-bond acceptors (Lipinski definition) is 6. The van der Waals surface area contributed by atoms with E-state index in [1.54, 1.807) is 12.4 Å². The van der Waals surface area contributed by atoms with Crippen LogP contribution >= 0.6 is 0 Å². The number of aliphatic imine (C=N–C) groups is 5. The smallest absolute Gasteiger partial charge is 0.240 e. The van der Waals surface area contributed by atoms with Gasteiger partial charge >= 0.3 is 0 Å². The Morgan fingerprint density at radius 3 is 2.05 bits per heavy atom. The molecule has 0 bridgehead atoms. The van der Waals surface area contributed by atoms with E-state index in [0.717, 1.165) is 23.3 Å². The number of guanidine groups is 1. The number of amidine groups is 3. The Bertz CT molecular complexity index is 660. The zero-order chi connectivity index (χ0) is 15.4. The molecule has 3 heterocycles. The second-order valence-corrected chi connectivity index (χ2v) is 7.35. The summed E-state index contributed by atoms with van der Waals surface area (Å²) >= 11 is 0. The number of hydrogen-bond donors (Lipinski definition) is 0. The molecule has 0 aliphatic carbocycles. The molecular formula is C15H20N6. The van der Waals surface area contributed by atoms with Crippen LogP contribution in [0.4, 0.5) is 0 Å². The van der Waals surface area contributed by atoms with Crippen LogP contribution in [-0.4, -0.2) is 34.6 Å². The lowest BCUT2D eigenvalue weighted by Crippen LogP contribution is -2.45. The van der Waals surface area contributed by atoms with Crippen molar-refractivity contribution in [2.24, 2.45) is 35.8 Å². The van der Waals surface area contributed by atoms with Gasteiger partial charge in [-0.1, -0.05) is 41.5 Å². The third-order valence-corrected chi connectivity index (χ3v) is 3.23. The normalized spacial score (nSPS) is 21.0. The van der Waals surface area contributed by atoms with E-state index < -0.39 is 0 Å². The van der Waals surface area contributed by atoms with E-state index in [-0.39, 0.29) is 10.8 Å². The van der Waals surface area contributed by atoms with Gasteiger partial charge in [-0.25, -0.2) is 14.9 Å². The monoisotopic (exact) mass is 284 g/mol. The Kier molecular flexibility index (Phi) is 2.77. The van der Waals surface area contributed by atoms with Crippen molar-refractivity contribution in [3.05, 3.63) is 12.0 Å². The quantitative estimate of drug-likeness (QED) is 0.674. The topological polar surface area (TPSA) is 65.0 Å². The molecule has 3 aliphatic heterocycles. The van der Waals surface area contributed by atoms with Crippen LogP contribution in [-0.2, 0) is 0 Å². The van der Waals surface area contributed by atoms with Crippen LogP contribution in [0.1, 0.15) is 41.5 Å². The molecule has 0 spiro atoms. The average Bonchev–Trinajstić information content (AvgIpc) is 2.36. The maximum absolute atomic E-state index is 4.64. The van der Waals surface area contributed by atoms with Crippen LogP contribution in [0, 0.1) is 10.8 Å². The van der Waals surface area contributed by atoms with E-state index >= 15 is 0 Å². The summed E-state index contributed by atoms with van der Waals surface area (Å²) < 4.78 is 0. The molecule has 0 aromatic rings. The molecule has 0 fully saturated rings. The Labute approximate surface area is 124 Å². The van der Waals surface area contributed by atoms with Gasteiger partial charge in [0, 0.05) is 10.8 Å². The van der Waals surface area contributed by atoms with Crippen LogP contribution < -0.4 is 0 Å². The predicted molar refractivity (Wildman–Crippen MR) is 87.1 cm³/mol. The lowest BCUT2D eigenvalue weighted by Gasteiger charge is -2.34. The zero-order valence-corrected chi connectivity index (χ0v) is 13.3. The minimum absolute atomic E-state index is 0.146. The summed E-state index contributed by atoms with van der Waals surface area (Å²) in [5.74, 6) is 3.60. The molecule has 0 aromatic heterocycles. The van der Waals surface area contributed by atoms with E-state index in [9.17, 15) is 0 Å². The Hall–Kier alpha value is -2.11. The highest BCUT2D eigenvalue weighted by molar-refractivity contribution is 6.39. The van der Waals surface area contributed by atoms with Crippen LogP contribution in [0.2, 0.25) is 0 Å². The van der Waals surface area contributed by atoms with E-state index in [1.165, 1.54) is 0 Å². The third kappa shape index (κ3) is 2.34. The second-order valence-electron chi connectivity index (χ2n) is 7.35. The minimum atomic E-state index is -0.146. The first kappa shape index (κ1) is 13.9. The maximum atomic E-state index is 4.64. The van der Waals surface area contributed by atoms with Gasteiger partial charge in [-0.05, 0) is 0 Å². The molecule has 3 aliphatic rings. The van der Waals surface area contributed by atoms with Crippen molar-refractivity contribution in [3.8, 4) is 0 Å². The molecule has 0 aromatic carbocycles. The van der Waals surface area contributed by atoms with Crippen LogP contribution in [0.5, 0.6) is 0 Å². The lowest BCUT2D eigenvalue weighted by atomic mass is 9.94. The summed E-state index contributed by atoms with van der Waals surface area (Å²) in [5.41, 5.74) is -0.291. The molecule has 0 amide bonds. The number of nitrogens with zero attached hydrogens (tertiary/aromatic N) is 6.